The SMILES string of the molecule is CN1CCCn2ccc(C(N)C(C)(C)C)c21. The number of rotatable bonds is 1. The van der Waals surface area contributed by atoms with Crippen LogP contribution in [0.5, 0.6) is 0 Å². The first-order chi connectivity index (χ1) is 7.41. The standard InChI is InChI=1S/C13H23N3/c1-13(2,3)11(14)10-6-9-16-8-5-7-15(4)12(10)16/h6,9,11H,5,7-8,14H2,1-4H3. The van der Waals surface area contributed by atoms with Crippen LogP contribution in [0.2, 0.25) is 0 Å². The van der Waals surface area contributed by atoms with Crippen molar-refractivity contribution in [3.05, 3.63) is 17.8 Å². The van der Waals surface area contributed by atoms with Gasteiger partial charge in [-0.25, -0.2) is 0 Å². The molecular formula is C13H23N3. The van der Waals surface area contributed by atoms with Crippen LogP contribution in [0.3, 0.4) is 0 Å². The van der Waals surface area contributed by atoms with Gasteiger partial charge in [0.25, 0.3) is 0 Å². The Kier molecular flexibility index (Phi) is 2.74. The van der Waals surface area contributed by atoms with Crippen LogP contribution in [-0.2, 0) is 6.54 Å². The molecule has 2 N–H and O–H groups in total. The van der Waals surface area contributed by atoms with Crippen LogP contribution in [-0.4, -0.2) is 18.2 Å². The summed E-state index contributed by atoms with van der Waals surface area (Å²) in [6.07, 6.45) is 3.40. The Balaban J connectivity index is 2.40. The van der Waals surface area contributed by atoms with E-state index in [4.69, 9.17) is 5.73 Å². The monoisotopic (exact) mass is 221 g/mol. The summed E-state index contributed by atoms with van der Waals surface area (Å²) in [4.78, 5) is 2.32. The summed E-state index contributed by atoms with van der Waals surface area (Å²) in [5.74, 6) is 1.31. The minimum atomic E-state index is 0.101. The van der Waals surface area contributed by atoms with Crippen LogP contribution >= 0.6 is 0 Å². The van der Waals surface area contributed by atoms with Gasteiger partial charge in [-0.05, 0) is 17.9 Å². The van der Waals surface area contributed by atoms with Gasteiger partial charge in [0.15, 0.2) is 0 Å². The molecule has 1 aliphatic rings. The van der Waals surface area contributed by atoms with Gasteiger partial charge in [-0.3, -0.25) is 0 Å². The highest BCUT2D eigenvalue weighted by atomic mass is 15.2. The molecule has 1 aliphatic heterocycles. The number of aryl methyl sites for hydroxylation is 1. The third kappa shape index (κ3) is 1.84. The van der Waals surface area contributed by atoms with Gasteiger partial charge < -0.3 is 15.2 Å². The molecule has 0 spiro atoms. The molecule has 1 atom stereocenters. The van der Waals surface area contributed by atoms with Gasteiger partial charge in [-0.15, -0.1) is 0 Å². The van der Waals surface area contributed by atoms with E-state index in [9.17, 15) is 0 Å². The average molecular weight is 221 g/mol. The van der Waals surface area contributed by atoms with E-state index < -0.39 is 0 Å². The fourth-order valence-electron chi connectivity index (χ4n) is 2.39. The zero-order valence-corrected chi connectivity index (χ0v) is 10.8. The van der Waals surface area contributed by atoms with Crippen molar-refractivity contribution in [2.45, 2.75) is 39.8 Å². The molecule has 0 bridgehead atoms. The Hall–Kier alpha value is -0.960. The summed E-state index contributed by atoms with van der Waals surface area (Å²) >= 11 is 0. The van der Waals surface area contributed by atoms with E-state index in [1.807, 2.05) is 0 Å². The molecule has 2 heterocycles. The number of nitrogens with two attached hydrogens (primary N) is 1. The van der Waals surface area contributed by atoms with Crippen LogP contribution in [0.4, 0.5) is 5.82 Å². The van der Waals surface area contributed by atoms with Crippen LogP contribution in [0.15, 0.2) is 12.3 Å². The van der Waals surface area contributed by atoms with Gasteiger partial charge >= 0.3 is 0 Å². The molecule has 3 heteroatoms. The van der Waals surface area contributed by atoms with E-state index >= 15 is 0 Å². The van der Waals surface area contributed by atoms with Crippen molar-refractivity contribution >= 4 is 5.82 Å². The topological polar surface area (TPSA) is 34.2 Å². The van der Waals surface area contributed by atoms with Gasteiger partial charge in [0.2, 0.25) is 0 Å². The number of aromatic nitrogens is 1. The van der Waals surface area contributed by atoms with E-state index in [1.165, 1.54) is 17.8 Å². The maximum absolute atomic E-state index is 6.36. The van der Waals surface area contributed by atoms with Crippen molar-refractivity contribution in [1.82, 2.24) is 4.57 Å². The smallest absolute Gasteiger partial charge is 0.113 e. The van der Waals surface area contributed by atoms with Gasteiger partial charge in [0, 0.05) is 37.9 Å². The highest BCUT2D eigenvalue weighted by Gasteiger charge is 2.28. The van der Waals surface area contributed by atoms with E-state index in [1.54, 1.807) is 0 Å². The summed E-state index contributed by atoms with van der Waals surface area (Å²) in [6.45, 7) is 8.85. The number of nitrogens with zero attached hydrogens (tertiary/aromatic N) is 2. The third-order valence-electron chi connectivity index (χ3n) is 3.49. The molecule has 0 aromatic carbocycles. The molecule has 0 saturated carbocycles. The first kappa shape index (κ1) is 11.5. The molecule has 3 nitrogen and oxygen atoms in total. The van der Waals surface area contributed by atoms with Crippen LogP contribution < -0.4 is 10.6 Å². The van der Waals surface area contributed by atoms with Crippen molar-refractivity contribution in [3.63, 3.8) is 0 Å². The zero-order chi connectivity index (χ0) is 11.9. The lowest BCUT2D eigenvalue weighted by Gasteiger charge is -2.33. The van der Waals surface area contributed by atoms with E-state index in [0.29, 0.717) is 0 Å². The molecule has 0 saturated heterocycles. The van der Waals surface area contributed by atoms with Gasteiger partial charge in [-0.2, -0.15) is 0 Å². The molecule has 2 rings (SSSR count). The van der Waals surface area contributed by atoms with Gasteiger partial charge in [0.1, 0.15) is 5.82 Å². The predicted molar refractivity (Wildman–Crippen MR) is 68.7 cm³/mol. The van der Waals surface area contributed by atoms with Crippen LogP contribution in [0.1, 0.15) is 38.8 Å². The Labute approximate surface area is 98.2 Å². The van der Waals surface area contributed by atoms with Crippen molar-refractivity contribution < 1.29 is 0 Å². The number of hydrogen-bond donors (Lipinski definition) is 1. The quantitative estimate of drug-likeness (QED) is 0.790. The second-order valence-corrected chi connectivity index (χ2v) is 5.91. The molecule has 1 aromatic heterocycles. The average Bonchev–Trinajstić information content (AvgIpc) is 2.60. The summed E-state index contributed by atoms with van der Waals surface area (Å²) in [5, 5.41) is 0. The van der Waals surface area contributed by atoms with E-state index in [-0.39, 0.29) is 11.5 Å². The molecule has 16 heavy (non-hydrogen) atoms. The lowest BCUT2D eigenvalue weighted by molar-refractivity contribution is 0.326. The van der Waals surface area contributed by atoms with E-state index in [2.05, 4.69) is 49.5 Å². The fourth-order valence-corrected chi connectivity index (χ4v) is 2.39. The van der Waals surface area contributed by atoms with Gasteiger partial charge in [-0.1, -0.05) is 20.8 Å². The summed E-state index contributed by atoms with van der Waals surface area (Å²) in [5.41, 5.74) is 7.76. The highest BCUT2D eigenvalue weighted by Crippen LogP contribution is 2.37. The predicted octanol–water partition coefficient (Wildman–Crippen LogP) is 2.37. The van der Waals surface area contributed by atoms with Gasteiger partial charge in [0.05, 0.1) is 0 Å². The molecule has 0 aliphatic carbocycles. The molecule has 0 amide bonds. The van der Waals surface area contributed by atoms with Crippen molar-refractivity contribution in [2.24, 2.45) is 11.1 Å². The molecule has 0 radical (unpaired) electrons. The lowest BCUT2D eigenvalue weighted by Crippen LogP contribution is -2.32. The number of anilines is 1. The zero-order valence-electron chi connectivity index (χ0n) is 10.8. The molecule has 0 fully saturated rings. The Morgan fingerprint density at radius 2 is 2.00 bits per heavy atom. The third-order valence-corrected chi connectivity index (χ3v) is 3.49. The minimum Gasteiger partial charge on any atom is -0.361 e. The highest BCUT2D eigenvalue weighted by molar-refractivity contribution is 5.51. The number of fused-ring (bicyclic) bond motifs is 1. The Morgan fingerprint density at radius 1 is 1.31 bits per heavy atom. The molecule has 90 valence electrons. The van der Waals surface area contributed by atoms with Crippen molar-refractivity contribution in [2.75, 3.05) is 18.5 Å². The summed E-state index contributed by atoms with van der Waals surface area (Å²) in [6, 6.07) is 2.29. The maximum Gasteiger partial charge on any atom is 0.113 e. The Morgan fingerprint density at radius 3 is 2.62 bits per heavy atom. The summed E-state index contributed by atoms with van der Waals surface area (Å²) in [7, 11) is 2.16. The largest absolute Gasteiger partial charge is 0.361 e. The van der Waals surface area contributed by atoms with Crippen molar-refractivity contribution in [3.8, 4) is 0 Å². The minimum absolute atomic E-state index is 0.101. The maximum atomic E-state index is 6.36. The normalized spacial score (nSPS) is 18.4. The number of hydrogen-bond acceptors (Lipinski definition) is 2. The lowest BCUT2D eigenvalue weighted by atomic mass is 9.83. The second kappa shape index (κ2) is 3.81. The Bertz CT molecular complexity index is 373. The second-order valence-electron chi connectivity index (χ2n) is 5.91. The first-order valence-electron chi connectivity index (χ1n) is 6.07. The van der Waals surface area contributed by atoms with Crippen LogP contribution in [0, 0.1) is 5.41 Å². The van der Waals surface area contributed by atoms with E-state index in [0.717, 1.165) is 13.1 Å². The fraction of sp³-hybridized carbons (Fsp3) is 0.692. The molecule has 1 aromatic rings. The molecule has 1 unspecified atom stereocenters. The van der Waals surface area contributed by atoms with Crippen LogP contribution in [0.25, 0.3) is 0 Å². The summed E-state index contributed by atoms with van der Waals surface area (Å²) < 4.78 is 2.32. The van der Waals surface area contributed by atoms with Crippen molar-refractivity contribution in [1.29, 1.82) is 0 Å². The molecular weight excluding hydrogens is 198 g/mol. The first-order valence-corrected chi connectivity index (χ1v) is 6.07.